The first kappa shape index (κ1) is 15.3. The molecule has 0 spiro atoms. The average molecular weight is 302 g/mol. The zero-order valence-electron chi connectivity index (χ0n) is 11.8. The first-order valence-electron chi connectivity index (χ1n) is 6.61. The van der Waals surface area contributed by atoms with Gasteiger partial charge < -0.3 is 15.8 Å². The standard InChI is InChI=1S/C16H18N2O2S/c1-20-14-8-4-5-9-15(14)21-11-10-16(19)18-13-7-3-2-6-12(13)17/h2-9H,10-11,17H2,1H3,(H,18,19). The highest BCUT2D eigenvalue weighted by atomic mass is 32.2. The molecule has 0 saturated carbocycles. The third-order valence-electron chi connectivity index (χ3n) is 2.89. The maximum Gasteiger partial charge on any atom is 0.225 e. The Hall–Kier alpha value is -2.14. The number of para-hydroxylation sites is 3. The maximum atomic E-state index is 11.9. The van der Waals surface area contributed by atoms with Crippen LogP contribution in [0.5, 0.6) is 5.75 Å². The van der Waals surface area contributed by atoms with E-state index in [9.17, 15) is 4.79 Å². The third-order valence-corrected chi connectivity index (χ3v) is 3.95. The Morgan fingerprint density at radius 1 is 1.19 bits per heavy atom. The first-order chi connectivity index (χ1) is 10.2. The molecule has 0 radical (unpaired) electrons. The van der Waals surface area contributed by atoms with Gasteiger partial charge in [0.25, 0.3) is 0 Å². The fraction of sp³-hybridized carbons (Fsp3) is 0.188. The number of methoxy groups -OCH3 is 1. The highest BCUT2D eigenvalue weighted by molar-refractivity contribution is 7.99. The molecule has 3 N–H and O–H groups in total. The minimum Gasteiger partial charge on any atom is -0.496 e. The lowest BCUT2D eigenvalue weighted by atomic mass is 10.2. The van der Waals surface area contributed by atoms with Crippen LogP contribution >= 0.6 is 11.8 Å². The number of benzene rings is 2. The number of ether oxygens (including phenoxy) is 1. The number of rotatable bonds is 6. The Bertz CT molecular complexity index is 617. The quantitative estimate of drug-likeness (QED) is 0.634. The van der Waals surface area contributed by atoms with E-state index in [1.54, 1.807) is 31.0 Å². The van der Waals surface area contributed by atoms with Crippen molar-refractivity contribution in [3.05, 3.63) is 48.5 Å². The summed E-state index contributed by atoms with van der Waals surface area (Å²) in [5.74, 6) is 1.46. The molecule has 2 aromatic carbocycles. The number of carbonyl (C=O) groups is 1. The van der Waals surface area contributed by atoms with Crippen LogP contribution in [-0.2, 0) is 4.79 Å². The van der Waals surface area contributed by atoms with Gasteiger partial charge in [-0.1, -0.05) is 24.3 Å². The van der Waals surface area contributed by atoms with Crippen molar-refractivity contribution in [2.75, 3.05) is 23.9 Å². The lowest BCUT2D eigenvalue weighted by molar-refractivity contribution is -0.115. The van der Waals surface area contributed by atoms with Crippen LogP contribution in [0.2, 0.25) is 0 Å². The smallest absolute Gasteiger partial charge is 0.225 e. The van der Waals surface area contributed by atoms with Crippen molar-refractivity contribution in [1.82, 2.24) is 0 Å². The van der Waals surface area contributed by atoms with Crippen LogP contribution in [0.25, 0.3) is 0 Å². The lowest BCUT2D eigenvalue weighted by Gasteiger charge is -2.09. The van der Waals surface area contributed by atoms with Crippen LogP contribution in [0, 0.1) is 0 Å². The van der Waals surface area contributed by atoms with Crippen LogP contribution in [-0.4, -0.2) is 18.8 Å². The summed E-state index contributed by atoms with van der Waals surface area (Å²) in [6, 6.07) is 15.0. The molecule has 0 aliphatic carbocycles. The number of anilines is 2. The molecule has 0 atom stereocenters. The Balaban J connectivity index is 1.83. The number of hydrogen-bond donors (Lipinski definition) is 2. The number of carbonyl (C=O) groups excluding carboxylic acids is 1. The van der Waals surface area contributed by atoms with Gasteiger partial charge in [-0.05, 0) is 24.3 Å². The first-order valence-corrected chi connectivity index (χ1v) is 7.59. The van der Waals surface area contributed by atoms with Crippen molar-refractivity contribution in [3.63, 3.8) is 0 Å². The van der Waals surface area contributed by atoms with Gasteiger partial charge in [0.05, 0.1) is 18.5 Å². The molecule has 0 aliphatic heterocycles. The van der Waals surface area contributed by atoms with Crippen molar-refractivity contribution in [2.45, 2.75) is 11.3 Å². The van der Waals surface area contributed by atoms with Crippen LogP contribution < -0.4 is 15.8 Å². The normalized spacial score (nSPS) is 10.1. The molecular weight excluding hydrogens is 284 g/mol. The molecule has 110 valence electrons. The second-order valence-corrected chi connectivity index (χ2v) is 5.52. The van der Waals surface area contributed by atoms with Gasteiger partial charge in [0.15, 0.2) is 0 Å². The van der Waals surface area contributed by atoms with Crippen molar-refractivity contribution in [3.8, 4) is 5.75 Å². The molecule has 0 bridgehead atoms. The topological polar surface area (TPSA) is 64.3 Å². The van der Waals surface area contributed by atoms with Gasteiger partial charge in [0.1, 0.15) is 5.75 Å². The van der Waals surface area contributed by atoms with Crippen LogP contribution in [0.1, 0.15) is 6.42 Å². The molecule has 2 aromatic rings. The molecule has 0 fully saturated rings. The summed E-state index contributed by atoms with van der Waals surface area (Å²) >= 11 is 1.60. The van der Waals surface area contributed by atoms with Gasteiger partial charge in [0, 0.05) is 17.1 Å². The molecule has 5 heteroatoms. The van der Waals surface area contributed by atoms with E-state index in [-0.39, 0.29) is 5.91 Å². The van der Waals surface area contributed by atoms with E-state index in [0.717, 1.165) is 10.6 Å². The van der Waals surface area contributed by atoms with E-state index in [0.29, 0.717) is 23.5 Å². The van der Waals surface area contributed by atoms with Crippen molar-refractivity contribution < 1.29 is 9.53 Å². The summed E-state index contributed by atoms with van der Waals surface area (Å²) in [5, 5.41) is 2.82. The van der Waals surface area contributed by atoms with E-state index in [1.165, 1.54) is 0 Å². The average Bonchev–Trinajstić information content (AvgIpc) is 2.50. The third kappa shape index (κ3) is 4.43. The van der Waals surface area contributed by atoms with E-state index < -0.39 is 0 Å². The van der Waals surface area contributed by atoms with Crippen LogP contribution in [0.4, 0.5) is 11.4 Å². The summed E-state index contributed by atoms with van der Waals surface area (Å²) in [6.07, 6.45) is 0.414. The number of nitrogens with one attached hydrogen (secondary N) is 1. The van der Waals surface area contributed by atoms with Gasteiger partial charge in [0.2, 0.25) is 5.91 Å². The van der Waals surface area contributed by atoms with E-state index in [1.807, 2.05) is 36.4 Å². The highest BCUT2D eigenvalue weighted by Crippen LogP contribution is 2.29. The van der Waals surface area contributed by atoms with Crippen molar-refractivity contribution >= 4 is 29.0 Å². The minimum atomic E-state index is -0.0460. The highest BCUT2D eigenvalue weighted by Gasteiger charge is 2.07. The largest absolute Gasteiger partial charge is 0.496 e. The summed E-state index contributed by atoms with van der Waals surface area (Å²) in [7, 11) is 1.64. The molecule has 2 rings (SSSR count). The monoisotopic (exact) mass is 302 g/mol. The molecule has 1 amide bonds. The van der Waals surface area contributed by atoms with Gasteiger partial charge >= 0.3 is 0 Å². The molecule has 4 nitrogen and oxygen atoms in total. The second kappa shape index (κ2) is 7.59. The van der Waals surface area contributed by atoms with E-state index in [2.05, 4.69) is 5.32 Å². The molecule has 21 heavy (non-hydrogen) atoms. The fourth-order valence-corrected chi connectivity index (χ4v) is 2.79. The van der Waals surface area contributed by atoms with Gasteiger partial charge in [-0.15, -0.1) is 11.8 Å². The van der Waals surface area contributed by atoms with Crippen molar-refractivity contribution in [1.29, 1.82) is 0 Å². The number of nitrogen functional groups attached to an aromatic ring is 1. The van der Waals surface area contributed by atoms with Gasteiger partial charge in [-0.25, -0.2) is 0 Å². The fourth-order valence-electron chi connectivity index (χ4n) is 1.82. The second-order valence-electron chi connectivity index (χ2n) is 4.38. The summed E-state index contributed by atoms with van der Waals surface area (Å²) in [4.78, 5) is 12.9. The Kier molecular flexibility index (Phi) is 5.51. The van der Waals surface area contributed by atoms with E-state index in [4.69, 9.17) is 10.5 Å². The van der Waals surface area contributed by atoms with Gasteiger partial charge in [-0.3, -0.25) is 4.79 Å². The lowest BCUT2D eigenvalue weighted by Crippen LogP contribution is -2.13. The number of nitrogens with two attached hydrogens (primary N) is 1. The van der Waals surface area contributed by atoms with Gasteiger partial charge in [-0.2, -0.15) is 0 Å². The zero-order valence-corrected chi connectivity index (χ0v) is 12.7. The number of hydrogen-bond acceptors (Lipinski definition) is 4. The molecule has 0 aliphatic rings. The predicted molar refractivity (Wildman–Crippen MR) is 87.8 cm³/mol. The van der Waals surface area contributed by atoms with Crippen LogP contribution in [0.15, 0.2) is 53.4 Å². The summed E-state index contributed by atoms with van der Waals surface area (Å²) in [6.45, 7) is 0. The molecule has 0 saturated heterocycles. The number of thioether (sulfide) groups is 1. The maximum absolute atomic E-state index is 11.9. The summed E-state index contributed by atoms with van der Waals surface area (Å²) in [5.41, 5.74) is 7.02. The summed E-state index contributed by atoms with van der Waals surface area (Å²) < 4.78 is 5.28. The Morgan fingerprint density at radius 3 is 2.67 bits per heavy atom. The Labute approximate surface area is 128 Å². The molecular formula is C16H18N2O2S. The number of amides is 1. The SMILES string of the molecule is COc1ccccc1SCCC(=O)Nc1ccccc1N. The van der Waals surface area contributed by atoms with Crippen LogP contribution in [0.3, 0.4) is 0 Å². The van der Waals surface area contributed by atoms with E-state index >= 15 is 0 Å². The Morgan fingerprint density at radius 2 is 1.90 bits per heavy atom. The molecule has 0 unspecified atom stereocenters. The zero-order chi connectivity index (χ0) is 15.1. The predicted octanol–water partition coefficient (Wildman–Crippen LogP) is 3.40. The molecule has 0 aromatic heterocycles. The van der Waals surface area contributed by atoms with Crippen molar-refractivity contribution in [2.24, 2.45) is 0 Å². The molecule has 0 heterocycles. The minimum absolute atomic E-state index is 0.0460.